The molecule has 1 aliphatic rings. The van der Waals surface area contributed by atoms with Gasteiger partial charge in [0.25, 0.3) is 5.22 Å². The molecule has 1 aliphatic heterocycles. The van der Waals surface area contributed by atoms with E-state index in [1.165, 1.54) is 11.8 Å². The molecule has 0 bridgehead atoms. The minimum absolute atomic E-state index is 0.0385. The quantitative estimate of drug-likeness (QED) is 0.567. The third-order valence-corrected chi connectivity index (χ3v) is 4.94. The van der Waals surface area contributed by atoms with Gasteiger partial charge in [-0.1, -0.05) is 30.0 Å². The Morgan fingerprint density at radius 1 is 1.31 bits per heavy atom. The minimum Gasteiger partial charge on any atom is -0.466 e. The fourth-order valence-corrected chi connectivity index (χ4v) is 3.50. The molecule has 1 saturated heterocycles. The van der Waals surface area contributed by atoms with Gasteiger partial charge in [-0.05, 0) is 31.9 Å². The first-order valence-electron chi connectivity index (χ1n) is 8.63. The lowest BCUT2D eigenvalue weighted by Crippen LogP contribution is -2.43. The predicted molar refractivity (Wildman–Crippen MR) is 96.4 cm³/mol. The number of benzene rings is 1. The number of piperidine rings is 1. The van der Waals surface area contributed by atoms with Crippen LogP contribution in [0.2, 0.25) is 0 Å². The highest BCUT2D eigenvalue weighted by Gasteiger charge is 2.29. The number of aromatic nitrogens is 2. The van der Waals surface area contributed by atoms with Gasteiger partial charge >= 0.3 is 5.97 Å². The van der Waals surface area contributed by atoms with Gasteiger partial charge in [-0.15, -0.1) is 10.2 Å². The lowest BCUT2D eigenvalue weighted by molar-refractivity contribution is -0.151. The van der Waals surface area contributed by atoms with Crippen LogP contribution in [0.3, 0.4) is 0 Å². The molecule has 1 fully saturated rings. The first-order chi connectivity index (χ1) is 12.7. The zero-order valence-electron chi connectivity index (χ0n) is 14.6. The highest BCUT2D eigenvalue weighted by atomic mass is 32.2. The average molecular weight is 375 g/mol. The summed E-state index contributed by atoms with van der Waals surface area (Å²) in [5.41, 5.74) is 0.839. The van der Waals surface area contributed by atoms with Crippen molar-refractivity contribution >= 4 is 23.6 Å². The SMILES string of the molecule is CCOC(=O)C1CCCN(C(=O)CSc2nnc(-c3ccccc3)o2)C1. The molecule has 1 aromatic heterocycles. The molecular formula is C18H21N3O4S. The van der Waals surface area contributed by atoms with Crippen LogP contribution in [-0.4, -0.2) is 52.4 Å². The van der Waals surface area contributed by atoms with Gasteiger partial charge in [-0.2, -0.15) is 0 Å². The zero-order chi connectivity index (χ0) is 18.4. The summed E-state index contributed by atoms with van der Waals surface area (Å²) >= 11 is 1.21. The Morgan fingerprint density at radius 2 is 2.12 bits per heavy atom. The molecule has 2 heterocycles. The van der Waals surface area contributed by atoms with E-state index in [1.54, 1.807) is 11.8 Å². The number of thioether (sulfide) groups is 1. The summed E-state index contributed by atoms with van der Waals surface area (Å²) in [5, 5.41) is 8.35. The van der Waals surface area contributed by atoms with Crippen molar-refractivity contribution < 1.29 is 18.7 Å². The third kappa shape index (κ3) is 4.63. The van der Waals surface area contributed by atoms with Crippen molar-refractivity contribution in [1.29, 1.82) is 0 Å². The molecule has 0 saturated carbocycles. The third-order valence-electron chi connectivity index (χ3n) is 4.14. The van der Waals surface area contributed by atoms with Crippen molar-refractivity contribution in [2.45, 2.75) is 25.0 Å². The standard InChI is InChI=1S/C18H21N3O4S/c1-2-24-17(23)14-9-6-10-21(11-14)15(22)12-26-18-20-19-16(25-18)13-7-4-3-5-8-13/h3-5,7-8,14H,2,6,9-12H2,1H3. The molecule has 7 nitrogen and oxygen atoms in total. The van der Waals surface area contributed by atoms with Crippen molar-refractivity contribution in [2.75, 3.05) is 25.4 Å². The average Bonchev–Trinajstić information content (AvgIpc) is 3.16. The van der Waals surface area contributed by atoms with Crippen LogP contribution < -0.4 is 0 Å². The van der Waals surface area contributed by atoms with Gasteiger partial charge in [0, 0.05) is 18.7 Å². The van der Waals surface area contributed by atoms with Gasteiger partial charge in [0.1, 0.15) is 0 Å². The van der Waals surface area contributed by atoms with Crippen LogP contribution >= 0.6 is 11.8 Å². The van der Waals surface area contributed by atoms with E-state index in [4.69, 9.17) is 9.15 Å². The molecule has 3 rings (SSSR count). The van der Waals surface area contributed by atoms with E-state index in [0.29, 0.717) is 30.8 Å². The Labute approximate surface area is 156 Å². The Kier molecular flexibility index (Phi) is 6.27. The second-order valence-electron chi connectivity index (χ2n) is 5.96. The van der Waals surface area contributed by atoms with Crippen LogP contribution in [0.1, 0.15) is 19.8 Å². The van der Waals surface area contributed by atoms with E-state index in [1.807, 2.05) is 30.3 Å². The normalized spacial score (nSPS) is 17.1. The zero-order valence-corrected chi connectivity index (χ0v) is 15.4. The fraction of sp³-hybridized carbons (Fsp3) is 0.444. The summed E-state index contributed by atoms with van der Waals surface area (Å²) in [6.07, 6.45) is 1.57. The number of likely N-dealkylation sites (tertiary alicyclic amines) is 1. The largest absolute Gasteiger partial charge is 0.466 e. The van der Waals surface area contributed by atoms with E-state index in [-0.39, 0.29) is 23.5 Å². The van der Waals surface area contributed by atoms with Crippen molar-refractivity contribution in [3.8, 4) is 11.5 Å². The van der Waals surface area contributed by atoms with Gasteiger partial charge < -0.3 is 14.1 Å². The summed E-state index contributed by atoms with van der Waals surface area (Å²) in [5.74, 6) is 0.142. The highest BCUT2D eigenvalue weighted by molar-refractivity contribution is 7.99. The van der Waals surface area contributed by atoms with Crippen LogP contribution in [0, 0.1) is 5.92 Å². The fourth-order valence-electron chi connectivity index (χ4n) is 2.84. The molecule has 138 valence electrons. The molecule has 0 aliphatic carbocycles. The summed E-state index contributed by atoms with van der Waals surface area (Å²) in [6.45, 7) is 3.22. The smallest absolute Gasteiger partial charge is 0.310 e. The number of amides is 1. The van der Waals surface area contributed by atoms with Crippen LogP contribution in [0.25, 0.3) is 11.5 Å². The second kappa shape index (κ2) is 8.84. The summed E-state index contributed by atoms with van der Waals surface area (Å²) in [6, 6.07) is 9.47. The highest BCUT2D eigenvalue weighted by Crippen LogP contribution is 2.24. The number of nitrogens with zero attached hydrogens (tertiary/aromatic N) is 3. The number of esters is 1. The molecule has 0 radical (unpaired) electrons. The number of ether oxygens (including phenoxy) is 1. The molecule has 1 atom stereocenters. The monoisotopic (exact) mass is 375 g/mol. The van der Waals surface area contributed by atoms with Gasteiger partial charge in [-0.3, -0.25) is 9.59 Å². The van der Waals surface area contributed by atoms with Crippen LogP contribution in [-0.2, 0) is 14.3 Å². The van der Waals surface area contributed by atoms with Crippen molar-refractivity contribution in [3.63, 3.8) is 0 Å². The van der Waals surface area contributed by atoms with E-state index in [9.17, 15) is 9.59 Å². The molecule has 0 N–H and O–H groups in total. The second-order valence-corrected chi connectivity index (χ2v) is 6.89. The Hall–Kier alpha value is -2.35. The Bertz CT molecular complexity index is 750. The molecule has 2 aromatic rings. The lowest BCUT2D eigenvalue weighted by Gasteiger charge is -2.31. The Morgan fingerprint density at radius 3 is 2.88 bits per heavy atom. The maximum absolute atomic E-state index is 12.4. The van der Waals surface area contributed by atoms with E-state index in [0.717, 1.165) is 18.4 Å². The van der Waals surface area contributed by atoms with Crippen LogP contribution in [0.4, 0.5) is 0 Å². The molecule has 1 aromatic carbocycles. The van der Waals surface area contributed by atoms with E-state index in [2.05, 4.69) is 10.2 Å². The summed E-state index contributed by atoms with van der Waals surface area (Å²) < 4.78 is 10.7. The predicted octanol–water partition coefficient (Wildman–Crippen LogP) is 2.63. The van der Waals surface area contributed by atoms with Crippen molar-refractivity contribution in [2.24, 2.45) is 5.92 Å². The Balaban J connectivity index is 1.52. The van der Waals surface area contributed by atoms with Gasteiger partial charge in [-0.25, -0.2) is 0 Å². The minimum atomic E-state index is -0.231. The lowest BCUT2D eigenvalue weighted by atomic mass is 9.98. The van der Waals surface area contributed by atoms with Gasteiger partial charge in [0.05, 0.1) is 18.3 Å². The maximum atomic E-state index is 12.4. The molecule has 1 unspecified atom stereocenters. The first-order valence-corrected chi connectivity index (χ1v) is 9.62. The maximum Gasteiger partial charge on any atom is 0.310 e. The number of hydrogen-bond donors (Lipinski definition) is 0. The first kappa shape index (κ1) is 18.4. The molecule has 26 heavy (non-hydrogen) atoms. The van der Waals surface area contributed by atoms with E-state index < -0.39 is 0 Å². The number of hydrogen-bond acceptors (Lipinski definition) is 7. The van der Waals surface area contributed by atoms with E-state index >= 15 is 0 Å². The van der Waals surface area contributed by atoms with Crippen molar-refractivity contribution in [3.05, 3.63) is 30.3 Å². The molecule has 1 amide bonds. The molecular weight excluding hydrogens is 354 g/mol. The number of carbonyl (C=O) groups is 2. The summed E-state index contributed by atoms with van der Waals surface area (Å²) in [4.78, 5) is 26.0. The van der Waals surface area contributed by atoms with Gasteiger partial charge in [0.2, 0.25) is 11.8 Å². The van der Waals surface area contributed by atoms with Crippen LogP contribution in [0.5, 0.6) is 0 Å². The molecule has 8 heteroatoms. The van der Waals surface area contributed by atoms with Crippen LogP contribution in [0.15, 0.2) is 40.0 Å². The van der Waals surface area contributed by atoms with Gasteiger partial charge in [0.15, 0.2) is 0 Å². The number of carbonyl (C=O) groups excluding carboxylic acids is 2. The molecule has 0 spiro atoms. The van der Waals surface area contributed by atoms with Crippen molar-refractivity contribution in [1.82, 2.24) is 15.1 Å². The number of rotatable bonds is 6. The summed E-state index contributed by atoms with van der Waals surface area (Å²) in [7, 11) is 0. The topological polar surface area (TPSA) is 85.5 Å².